The zero-order valence-electron chi connectivity index (χ0n) is 13.5. The minimum Gasteiger partial charge on any atom is -0.329 e. The molecule has 1 heterocycles. The van der Waals surface area contributed by atoms with Crippen molar-refractivity contribution in [3.05, 3.63) is 35.6 Å². The molecule has 2 N–H and O–H groups in total. The summed E-state index contributed by atoms with van der Waals surface area (Å²) < 4.78 is 13.9. The number of hydrogen-bond acceptors (Lipinski definition) is 3. The fourth-order valence-electron chi connectivity index (χ4n) is 3.14. The molecule has 1 fully saturated rings. The van der Waals surface area contributed by atoms with Crippen molar-refractivity contribution in [3.63, 3.8) is 0 Å². The molecule has 1 atom stereocenters. The predicted octanol–water partition coefficient (Wildman–Crippen LogP) is 2.11. The second-order valence-corrected chi connectivity index (χ2v) is 6.59. The molecule has 1 aliphatic rings. The Bertz CT molecular complexity index is 455. The minimum atomic E-state index is -0.175. The summed E-state index contributed by atoms with van der Waals surface area (Å²) >= 11 is 0. The first-order chi connectivity index (χ1) is 9.96. The minimum absolute atomic E-state index is 0.127. The van der Waals surface area contributed by atoms with Crippen molar-refractivity contribution >= 4 is 0 Å². The van der Waals surface area contributed by atoms with Crippen LogP contribution in [0.3, 0.4) is 0 Å². The van der Waals surface area contributed by atoms with Gasteiger partial charge in [0.1, 0.15) is 5.82 Å². The van der Waals surface area contributed by atoms with Gasteiger partial charge in [-0.25, -0.2) is 4.39 Å². The third kappa shape index (κ3) is 3.82. The molecule has 1 saturated heterocycles. The largest absolute Gasteiger partial charge is 0.329 e. The lowest BCUT2D eigenvalue weighted by Crippen LogP contribution is -2.60. The lowest BCUT2D eigenvalue weighted by atomic mass is 9.90. The van der Waals surface area contributed by atoms with E-state index in [-0.39, 0.29) is 11.4 Å². The molecule has 1 aromatic carbocycles. The predicted molar refractivity (Wildman–Crippen MR) is 85.8 cm³/mol. The number of rotatable bonds is 5. The normalized spacial score (nSPS) is 20.7. The lowest BCUT2D eigenvalue weighted by molar-refractivity contribution is 0.0348. The Balaban J connectivity index is 2.06. The smallest absolute Gasteiger partial charge is 0.126 e. The van der Waals surface area contributed by atoms with Crippen LogP contribution in [0.15, 0.2) is 24.3 Å². The summed E-state index contributed by atoms with van der Waals surface area (Å²) in [7, 11) is 0. The second kappa shape index (κ2) is 6.86. The van der Waals surface area contributed by atoms with E-state index in [9.17, 15) is 4.39 Å². The second-order valence-electron chi connectivity index (χ2n) is 6.59. The molecule has 118 valence electrons. The van der Waals surface area contributed by atoms with E-state index in [0.717, 1.165) is 31.7 Å². The molecule has 3 nitrogen and oxygen atoms in total. The van der Waals surface area contributed by atoms with Gasteiger partial charge in [0.05, 0.1) is 0 Å². The molecule has 0 spiro atoms. The summed E-state index contributed by atoms with van der Waals surface area (Å²) in [4.78, 5) is 4.91. The molecule has 21 heavy (non-hydrogen) atoms. The van der Waals surface area contributed by atoms with E-state index in [1.165, 1.54) is 6.07 Å². The van der Waals surface area contributed by atoms with Crippen LogP contribution in [0.1, 0.15) is 26.3 Å². The molecule has 1 unspecified atom stereocenters. The van der Waals surface area contributed by atoms with Crippen LogP contribution in [0.25, 0.3) is 0 Å². The third-order valence-electron chi connectivity index (χ3n) is 4.78. The molecule has 1 aromatic rings. The van der Waals surface area contributed by atoms with Gasteiger partial charge in [-0.1, -0.05) is 18.2 Å². The number of benzene rings is 1. The van der Waals surface area contributed by atoms with Crippen molar-refractivity contribution in [2.75, 3.05) is 32.7 Å². The van der Waals surface area contributed by atoms with Gasteiger partial charge < -0.3 is 5.73 Å². The van der Waals surface area contributed by atoms with E-state index in [1.807, 2.05) is 12.1 Å². The van der Waals surface area contributed by atoms with Crippen molar-refractivity contribution in [1.82, 2.24) is 9.80 Å². The molecule has 0 aliphatic carbocycles. The van der Waals surface area contributed by atoms with Crippen LogP contribution in [-0.4, -0.2) is 54.1 Å². The maximum absolute atomic E-state index is 13.9. The number of hydrogen-bond donors (Lipinski definition) is 1. The molecular weight excluding hydrogens is 265 g/mol. The van der Waals surface area contributed by atoms with Crippen LogP contribution in [0.2, 0.25) is 0 Å². The number of nitrogens with zero attached hydrogens (tertiary/aromatic N) is 2. The molecule has 4 heteroatoms. The van der Waals surface area contributed by atoms with E-state index in [4.69, 9.17) is 5.73 Å². The van der Waals surface area contributed by atoms with Gasteiger partial charge in [0.25, 0.3) is 0 Å². The van der Waals surface area contributed by atoms with Gasteiger partial charge in [0, 0.05) is 44.3 Å². The van der Waals surface area contributed by atoms with Crippen LogP contribution in [0, 0.1) is 5.82 Å². The quantitative estimate of drug-likeness (QED) is 0.902. The number of piperazine rings is 1. The van der Waals surface area contributed by atoms with Gasteiger partial charge in [0.2, 0.25) is 0 Å². The van der Waals surface area contributed by atoms with Crippen LogP contribution >= 0.6 is 0 Å². The highest BCUT2D eigenvalue weighted by Crippen LogP contribution is 2.23. The van der Waals surface area contributed by atoms with Gasteiger partial charge in [-0.15, -0.1) is 0 Å². The van der Waals surface area contributed by atoms with Crippen molar-refractivity contribution in [1.29, 1.82) is 0 Å². The van der Waals surface area contributed by atoms with Crippen molar-refractivity contribution in [3.8, 4) is 0 Å². The average Bonchev–Trinajstić information content (AvgIpc) is 2.49. The van der Waals surface area contributed by atoms with Gasteiger partial charge >= 0.3 is 0 Å². The lowest BCUT2D eigenvalue weighted by Gasteiger charge is -2.46. The Labute approximate surface area is 127 Å². The topological polar surface area (TPSA) is 32.5 Å². The highest BCUT2D eigenvalue weighted by atomic mass is 19.1. The fourth-order valence-corrected chi connectivity index (χ4v) is 3.14. The summed E-state index contributed by atoms with van der Waals surface area (Å²) in [6.45, 7) is 11.3. The monoisotopic (exact) mass is 293 g/mol. The fraction of sp³-hybridized carbons (Fsp3) is 0.647. The Morgan fingerprint density at radius 1 is 1.19 bits per heavy atom. The Kier molecular flexibility index (Phi) is 5.36. The Morgan fingerprint density at radius 3 is 2.33 bits per heavy atom. The molecule has 0 amide bonds. The first-order valence-electron chi connectivity index (χ1n) is 7.89. The van der Waals surface area contributed by atoms with E-state index in [2.05, 4.69) is 30.6 Å². The molecule has 0 radical (unpaired) electrons. The van der Waals surface area contributed by atoms with Gasteiger partial charge in [-0.3, -0.25) is 9.80 Å². The standard InChI is InChI=1S/C17H28FN3/c1-14(2)20-8-10-21(11-9-20)17(3,13-19)12-15-6-4-5-7-16(15)18/h4-7,14H,8-13,19H2,1-3H3. The van der Waals surface area contributed by atoms with E-state index in [0.29, 0.717) is 19.0 Å². The SMILES string of the molecule is CC(C)N1CCN(C(C)(CN)Cc2ccccc2F)CC1. The summed E-state index contributed by atoms with van der Waals surface area (Å²) in [6.07, 6.45) is 0.665. The highest BCUT2D eigenvalue weighted by molar-refractivity contribution is 5.20. The average molecular weight is 293 g/mol. The van der Waals surface area contributed by atoms with E-state index < -0.39 is 0 Å². The zero-order valence-corrected chi connectivity index (χ0v) is 13.5. The summed E-state index contributed by atoms with van der Waals surface area (Å²) in [6, 6.07) is 7.62. The Morgan fingerprint density at radius 2 is 1.81 bits per heavy atom. The third-order valence-corrected chi connectivity index (χ3v) is 4.78. The van der Waals surface area contributed by atoms with Crippen molar-refractivity contribution in [2.24, 2.45) is 5.73 Å². The van der Waals surface area contributed by atoms with Crippen LogP contribution in [-0.2, 0) is 6.42 Å². The first-order valence-corrected chi connectivity index (χ1v) is 7.89. The molecular formula is C17H28FN3. The van der Waals surface area contributed by atoms with Gasteiger partial charge in [-0.2, -0.15) is 0 Å². The maximum Gasteiger partial charge on any atom is 0.126 e. The molecule has 0 aromatic heterocycles. The molecule has 2 rings (SSSR count). The zero-order chi connectivity index (χ0) is 15.5. The highest BCUT2D eigenvalue weighted by Gasteiger charge is 2.34. The Hall–Kier alpha value is -0.970. The summed E-state index contributed by atoms with van der Waals surface area (Å²) in [5.74, 6) is -0.127. The van der Waals surface area contributed by atoms with E-state index in [1.54, 1.807) is 6.07 Å². The number of halogens is 1. The van der Waals surface area contributed by atoms with Gasteiger partial charge in [-0.05, 0) is 38.8 Å². The summed E-state index contributed by atoms with van der Waals surface area (Å²) in [5.41, 5.74) is 6.64. The van der Waals surface area contributed by atoms with Crippen molar-refractivity contribution < 1.29 is 4.39 Å². The van der Waals surface area contributed by atoms with E-state index >= 15 is 0 Å². The van der Waals surface area contributed by atoms with Gasteiger partial charge in [0.15, 0.2) is 0 Å². The van der Waals surface area contributed by atoms with Crippen molar-refractivity contribution in [2.45, 2.75) is 38.8 Å². The number of nitrogens with two attached hydrogens (primary N) is 1. The first kappa shape index (κ1) is 16.4. The molecule has 0 bridgehead atoms. The summed E-state index contributed by atoms with van der Waals surface area (Å²) in [5, 5.41) is 0. The molecule has 1 aliphatic heterocycles. The molecule has 0 saturated carbocycles. The van der Waals surface area contributed by atoms with Crippen LogP contribution in [0.4, 0.5) is 4.39 Å². The maximum atomic E-state index is 13.9. The van der Waals surface area contributed by atoms with Crippen LogP contribution < -0.4 is 5.73 Å². The van der Waals surface area contributed by atoms with Crippen LogP contribution in [0.5, 0.6) is 0 Å².